The minimum Gasteiger partial charge on any atom is -0.330 e. The van der Waals surface area contributed by atoms with Gasteiger partial charge in [-0.1, -0.05) is 212 Å². The highest BCUT2D eigenvalue weighted by Gasteiger charge is 2.28. The van der Waals surface area contributed by atoms with Crippen molar-refractivity contribution in [3.05, 3.63) is 260 Å². The molecule has 0 bridgehead atoms. The van der Waals surface area contributed by atoms with Crippen molar-refractivity contribution in [3.63, 3.8) is 0 Å². The van der Waals surface area contributed by atoms with Gasteiger partial charge in [-0.25, -0.2) is 4.99 Å². The maximum atomic E-state index is 5.63. The molecule has 1 aliphatic rings. The third-order valence-electron chi connectivity index (χ3n) is 13.4. The number of nitrogens with one attached hydrogen (secondary N) is 1. The van der Waals surface area contributed by atoms with Crippen LogP contribution in [0.5, 0.6) is 0 Å². The Bertz CT molecular complexity index is 3850. The number of hydrogen-bond acceptors (Lipinski definition) is 3. The first-order valence-electron chi connectivity index (χ1n) is 23.2. The molecule has 1 atom stereocenters. The molecule has 2 aromatic heterocycles. The highest BCUT2D eigenvalue weighted by molar-refractivity contribution is 6.27. The van der Waals surface area contributed by atoms with Gasteiger partial charge in [0.15, 0.2) is 5.84 Å². The standard InChI is InChI=1S/C63H43N5/c1-6-20-42(21-7-1)47-34-35-51(45-26-12-4-13-27-45)58(41-47)67-56-32-18-16-30-52(56)54-36-37-55-53-31-17-19-33-57(53)68(60(55)59(54)67)63-65-61(46-28-14-5-15-29-46)64-62(66-63)50-39-48(43-22-8-2-9-23-43)38-49(40-50)44-24-10-3-11-25-44/h1-41,61H,(H,64,65,66). The number of aliphatic imine (C=N–C) groups is 2. The maximum Gasteiger partial charge on any atom is 0.212 e. The van der Waals surface area contributed by atoms with Gasteiger partial charge < -0.3 is 9.88 Å². The number of nitrogens with zero attached hydrogens (tertiary/aromatic N) is 4. The van der Waals surface area contributed by atoms with Crippen LogP contribution in [-0.4, -0.2) is 20.9 Å². The molecule has 1 unspecified atom stereocenters. The average molecular weight is 870 g/mol. The van der Waals surface area contributed by atoms with Gasteiger partial charge in [0.05, 0.1) is 27.8 Å². The molecule has 0 aliphatic carbocycles. The predicted molar refractivity (Wildman–Crippen MR) is 284 cm³/mol. The minimum absolute atomic E-state index is 0.423. The summed E-state index contributed by atoms with van der Waals surface area (Å²) in [5.41, 5.74) is 16.5. The van der Waals surface area contributed by atoms with Crippen molar-refractivity contribution in [3.8, 4) is 50.2 Å². The Labute approximate surface area is 394 Å². The van der Waals surface area contributed by atoms with E-state index >= 15 is 0 Å². The highest BCUT2D eigenvalue weighted by atomic mass is 15.3. The lowest BCUT2D eigenvalue weighted by Gasteiger charge is -2.25. The van der Waals surface area contributed by atoms with Gasteiger partial charge >= 0.3 is 0 Å². The van der Waals surface area contributed by atoms with Gasteiger partial charge in [-0.15, -0.1) is 0 Å². The van der Waals surface area contributed by atoms with Gasteiger partial charge in [0.25, 0.3) is 0 Å². The third-order valence-corrected chi connectivity index (χ3v) is 13.4. The monoisotopic (exact) mass is 869 g/mol. The quantitative estimate of drug-likeness (QED) is 0.170. The van der Waals surface area contributed by atoms with E-state index in [2.05, 4.69) is 263 Å². The van der Waals surface area contributed by atoms with Gasteiger partial charge in [0, 0.05) is 32.7 Å². The molecule has 5 nitrogen and oxygen atoms in total. The summed E-state index contributed by atoms with van der Waals surface area (Å²) in [6, 6.07) is 88.9. The summed E-state index contributed by atoms with van der Waals surface area (Å²) < 4.78 is 4.86. The van der Waals surface area contributed by atoms with Crippen LogP contribution >= 0.6 is 0 Å². The molecule has 0 saturated heterocycles. The van der Waals surface area contributed by atoms with Gasteiger partial charge in [0.2, 0.25) is 5.96 Å². The molecular weight excluding hydrogens is 827 g/mol. The van der Waals surface area contributed by atoms with E-state index in [4.69, 9.17) is 9.98 Å². The van der Waals surface area contributed by atoms with Crippen LogP contribution in [0, 0.1) is 0 Å². The molecule has 0 fully saturated rings. The van der Waals surface area contributed by atoms with E-state index in [-0.39, 0.29) is 0 Å². The summed E-state index contributed by atoms with van der Waals surface area (Å²) in [7, 11) is 0. The summed E-state index contributed by atoms with van der Waals surface area (Å²) in [5, 5.41) is 8.51. The van der Waals surface area contributed by atoms with E-state index in [9.17, 15) is 0 Å². The zero-order valence-electron chi connectivity index (χ0n) is 37.0. The molecule has 0 radical (unpaired) electrons. The molecular formula is C63H43N5. The molecule has 0 spiro atoms. The Morgan fingerprint density at radius 3 is 1.37 bits per heavy atom. The fourth-order valence-electron chi connectivity index (χ4n) is 10.2. The Kier molecular flexibility index (Phi) is 9.50. The Hall–Kier alpha value is -9.06. The lowest BCUT2D eigenvalue weighted by Crippen LogP contribution is -2.37. The first-order chi connectivity index (χ1) is 33.7. The number of benzene rings is 10. The summed E-state index contributed by atoms with van der Waals surface area (Å²) in [6.07, 6.45) is -0.423. The molecule has 1 N–H and O–H groups in total. The fraction of sp³-hybridized carbons (Fsp3) is 0.0159. The minimum atomic E-state index is -0.423. The lowest BCUT2D eigenvalue weighted by molar-refractivity contribution is 0.661. The maximum absolute atomic E-state index is 5.63. The van der Waals surface area contributed by atoms with Crippen molar-refractivity contribution in [2.45, 2.75) is 6.17 Å². The van der Waals surface area contributed by atoms with Crippen LogP contribution in [0.4, 0.5) is 0 Å². The summed E-state index contributed by atoms with van der Waals surface area (Å²) in [6.45, 7) is 0. The molecule has 0 saturated carbocycles. The normalized spacial score (nSPS) is 13.7. The Morgan fingerprint density at radius 2 is 0.794 bits per heavy atom. The number of fused-ring (bicyclic) bond motifs is 7. The number of rotatable bonds is 7. The second-order valence-electron chi connectivity index (χ2n) is 17.4. The van der Waals surface area contributed by atoms with Crippen molar-refractivity contribution >= 4 is 55.4 Å². The van der Waals surface area contributed by atoms with E-state index in [1.54, 1.807) is 0 Å². The van der Waals surface area contributed by atoms with Crippen molar-refractivity contribution in [2.75, 3.05) is 0 Å². The topological polar surface area (TPSA) is 46.6 Å². The number of aromatic nitrogens is 2. The number of hydrogen-bond donors (Lipinski definition) is 1. The number of amidine groups is 1. The summed E-state index contributed by atoms with van der Waals surface area (Å²) in [5.74, 6) is 1.36. The predicted octanol–water partition coefficient (Wildman–Crippen LogP) is 15.5. The summed E-state index contributed by atoms with van der Waals surface area (Å²) >= 11 is 0. The van der Waals surface area contributed by atoms with Crippen LogP contribution in [0.3, 0.4) is 0 Å². The lowest BCUT2D eigenvalue weighted by atomic mass is 9.95. The highest BCUT2D eigenvalue weighted by Crippen LogP contribution is 2.43. The largest absolute Gasteiger partial charge is 0.330 e. The zero-order chi connectivity index (χ0) is 45.0. The molecule has 12 aromatic rings. The van der Waals surface area contributed by atoms with Crippen molar-refractivity contribution < 1.29 is 0 Å². The van der Waals surface area contributed by atoms with Crippen LogP contribution in [-0.2, 0) is 0 Å². The van der Waals surface area contributed by atoms with Crippen LogP contribution in [0.2, 0.25) is 0 Å². The molecule has 0 amide bonds. The van der Waals surface area contributed by atoms with E-state index in [0.717, 1.165) is 94.0 Å². The molecule has 10 aromatic carbocycles. The second kappa shape index (κ2) is 16.4. The summed E-state index contributed by atoms with van der Waals surface area (Å²) in [4.78, 5) is 11.1. The molecule has 5 heteroatoms. The molecule has 320 valence electrons. The second-order valence-corrected chi connectivity index (χ2v) is 17.4. The average Bonchev–Trinajstić information content (AvgIpc) is 3.95. The zero-order valence-corrected chi connectivity index (χ0v) is 37.0. The van der Waals surface area contributed by atoms with E-state index in [1.165, 1.54) is 10.9 Å². The number of para-hydroxylation sites is 2. The van der Waals surface area contributed by atoms with E-state index < -0.39 is 6.17 Å². The van der Waals surface area contributed by atoms with Crippen molar-refractivity contribution in [1.29, 1.82) is 0 Å². The molecule has 1 aliphatic heterocycles. The van der Waals surface area contributed by atoms with Gasteiger partial charge in [0.1, 0.15) is 6.17 Å². The van der Waals surface area contributed by atoms with Gasteiger partial charge in [-0.3, -0.25) is 4.57 Å². The van der Waals surface area contributed by atoms with Crippen molar-refractivity contribution in [2.24, 2.45) is 9.98 Å². The van der Waals surface area contributed by atoms with Crippen LogP contribution < -0.4 is 5.32 Å². The third kappa shape index (κ3) is 6.71. The van der Waals surface area contributed by atoms with E-state index in [0.29, 0.717) is 11.8 Å². The molecule has 3 heterocycles. The van der Waals surface area contributed by atoms with Crippen LogP contribution in [0.25, 0.3) is 93.8 Å². The smallest absolute Gasteiger partial charge is 0.212 e. The van der Waals surface area contributed by atoms with Gasteiger partial charge in [-0.2, -0.15) is 4.99 Å². The Morgan fingerprint density at radius 1 is 0.338 bits per heavy atom. The van der Waals surface area contributed by atoms with E-state index in [1.807, 2.05) is 0 Å². The first-order valence-corrected chi connectivity index (χ1v) is 23.2. The molecule has 68 heavy (non-hydrogen) atoms. The molecule has 13 rings (SSSR count). The van der Waals surface area contributed by atoms with Gasteiger partial charge in [-0.05, 0) is 80.9 Å². The SMILES string of the molecule is c1ccc(-c2cc(C3=NC(c4ccccc4)NC(n4c5ccccc5c5ccc6c7ccccc7n(-c7cc(-c8ccccc8)ccc7-c7ccccc7)c6c54)=N3)cc(-c3ccccc3)c2)cc1. The fourth-order valence-corrected chi connectivity index (χ4v) is 10.2. The first kappa shape index (κ1) is 39.3. The Balaban J connectivity index is 1.12. The van der Waals surface area contributed by atoms with Crippen LogP contribution in [0.1, 0.15) is 17.3 Å². The van der Waals surface area contributed by atoms with Crippen LogP contribution in [0.15, 0.2) is 259 Å². The van der Waals surface area contributed by atoms with Crippen molar-refractivity contribution in [1.82, 2.24) is 14.5 Å².